The van der Waals surface area contributed by atoms with E-state index in [-0.39, 0.29) is 0 Å². The summed E-state index contributed by atoms with van der Waals surface area (Å²) in [5, 5.41) is 3.53. The zero-order valence-corrected chi connectivity index (χ0v) is 11.0. The van der Waals surface area contributed by atoms with Crippen LogP contribution in [0.3, 0.4) is 0 Å². The smallest absolute Gasteiger partial charge is 0.0622 e. The van der Waals surface area contributed by atoms with E-state index in [2.05, 4.69) is 33.0 Å². The Hall–Kier alpha value is -0.0800. The predicted molar refractivity (Wildman–Crippen MR) is 67.3 cm³/mol. The highest BCUT2D eigenvalue weighted by Crippen LogP contribution is 2.03. The summed E-state index contributed by atoms with van der Waals surface area (Å²) in [6.07, 6.45) is 4.95. The van der Waals surface area contributed by atoms with Crippen LogP contribution in [0, 0.1) is 5.92 Å². The minimum atomic E-state index is 0.520. The van der Waals surface area contributed by atoms with E-state index < -0.39 is 0 Å². The molecule has 0 heterocycles. The van der Waals surface area contributed by atoms with Crippen LogP contribution in [0.5, 0.6) is 0 Å². The molecule has 15 heavy (non-hydrogen) atoms. The summed E-state index contributed by atoms with van der Waals surface area (Å²) in [6.45, 7) is 11.8. The van der Waals surface area contributed by atoms with Gasteiger partial charge in [-0.3, -0.25) is 0 Å². The molecule has 0 aliphatic carbocycles. The van der Waals surface area contributed by atoms with E-state index in [9.17, 15) is 0 Å². The van der Waals surface area contributed by atoms with Crippen molar-refractivity contribution in [1.29, 1.82) is 0 Å². The molecule has 0 amide bonds. The Morgan fingerprint density at radius 2 is 1.80 bits per heavy atom. The second kappa shape index (κ2) is 10.4. The molecule has 0 rings (SSSR count). The van der Waals surface area contributed by atoms with E-state index in [0.717, 1.165) is 19.8 Å². The molecule has 1 atom stereocenters. The lowest BCUT2D eigenvalue weighted by Crippen LogP contribution is -2.38. The Morgan fingerprint density at radius 3 is 2.33 bits per heavy atom. The van der Waals surface area contributed by atoms with Crippen LogP contribution >= 0.6 is 0 Å². The maximum absolute atomic E-state index is 5.69. The summed E-state index contributed by atoms with van der Waals surface area (Å²) in [5.41, 5.74) is 0. The van der Waals surface area contributed by atoms with Crippen LogP contribution in [0.15, 0.2) is 0 Å². The van der Waals surface area contributed by atoms with Gasteiger partial charge in [0.25, 0.3) is 0 Å². The third-order valence-electron chi connectivity index (χ3n) is 2.65. The molecule has 1 unspecified atom stereocenters. The van der Waals surface area contributed by atoms with Gasteiger partial charge in [0, 0.05) is 12.6 Å². The summed E-state index contributed by atoms with van der Waals surface area (Å²) in [5.74, 6) is 0.655. The van der Waals surface area contributed by atoms with Gasteiger partial charge < -0.3 is 10.1 Å². The second-order valence-corrected chi connectivity index (χ2v) is 4.59. The zero-order valence-electron chi connectivity index (χ0n) is 11.0. The van der Waals surface area contributed by atoms with Crippen LogP contribution in [0.4, 0.5) is 0 Å². The highest BCUT2D eigenvalue weighted by Gasteiger charge is 2.11. The lowest BCUT2D eigenvalue weighted by atomic mass is 10.1. The maximum atomic E-state index is 5.69. The number of rotatable bonds is 10. The summed E-state index contributed by atoms with van der Waals surface area (Å²) < 4.78 is 5.69. The third kappa shape index (κ3) is 8.88. The van der Waals surface area contributed by atoms with Crippen molar-refractivity contribution in [2.45, 2.75) is 59.4 Å². The van der Waals surface area contributed by atoms with Gasteiger partial charge in [-0.25, -0.2) is 0 Å². The largest absolute Gasteiger partial charge is 0.380 e. The molecule has 0 spiro atoms. The topological polar surface area (TPSA) is 21.3 Å². The van der Waals surface area contributed by atoms with Crippen molar-refractivity contribution < 1.29 is 4.74 Å². The lowest BCUT2D eigenvalue weighted by Gasteiger charge is -2.22. The Kier molecular flexibility index (Phi) is 10.4. The highest BCUT2D eigenvalue weighted by molar-refractivity contribution is 4.69. The van der Waals surface area contributed by atoms with E-state index in [1.807, 2.05) is 0 Å². The van der Waals surface area contributed by atoms with Crippen molar-refractivity contribution in [2.24, 2.45) is 5.92 Å². The summed E-state index contributed by atoms with van der Waals surface area (Å²) >= 11 is 0. The maximum Gasteiger partial charge on any atom is 0.0622 e. The van der Waals surface area contributed by atoms with Crippen molar-refractivity contribution >= 4 is 0 Å². The molecule has 0 saturated heterocycles. The normalized spacial score (nSPS) is 13.4. The van der Waals surface area contributed by atoms with Gasteiger partial charge in [0.15, 0.2) is 0 Å². The fourth-order valence-corrected chi connectivity index (χ4v) is 1.48. The van der Waals surface area contributed by atoms with Crippen molar-refractivity contribution in [3.8, 4) is 0 Å². The van der Waals surface area contributed by atoms with Crippen molar-refractivity contribution in [3.63, 3.8) is 0 Å². The van der Waals surface area contributed by atoms with Crippen LogP contribution in [-0.4, -0.2) is 25.8 Å². The van der Waals surface area contributed by atoms with Gasteiger partial charge in [0.2, 0.25) is 0 Å². The fourth-order valence-electron chi connectivity index (χ4n) is 1.48. The Labute approximate surface area is 95.8 Å². The van der Waals surface area contributed by atoms with Gasteiger partial charge in [-0.05, 0) is 25.3 Å². The molecule has 2 nitrogen and oxygen atoms in total. The summed E-state index contributed by atoms with van der Waals surface area (Å²) in [7, 11) is 0. The molecular formula is C13H29NO. The number of nitrogens with one attached hydrogen (secondary N) is 1. The molecule has 0 bridgehead atoms. The second-order valence-electron chi connectivity index (χ2n) is 4.59. The Balaban J connectivity index is 3.48. The number of unbranched alkanes of at least 4 members (excludes halogenated alkanes) is 2. The van der Waals surface area contributed by atoms with Crippen LogP contribution in [0.25, 0.3) is 0 Å². The molecular weight excluding hydrogens is 186 g/mol. The molecule has 2 heteroatoms. The van der Waals surface area contributed by atoms with Gasteiger partial charge in [0.1, 0.15) is 0 Å². The molecule has 0 saturated carbocycles. The van der Waals surface area contributed by atoms with Crippen LogP contribution in [-0.2, 0) is 4.74 Å². The lowest BCUT2D eigenvalue weighted by molar-refractivity contribution is 0.0951. The minimum absolute atomic E-state index is 0.520. The molecule has 0 aliphatic rings. The Bertz CT molecular complexity index is 126. The molecule has 0 aliphatic heterocycles. The molecule has 1 N–H and O–H groups in total. The third-order valence-corrected chi connectivity index (χ3v) is 2.65. The quantitative estimate of drug-likeness (QED) is 0.565. The van der Waals surface area contributed by atoms with Gasteiger partial charge in [-0.15, -0.1) is 0 Å². The standard InChI is InChI=1S/C13H29NO/c1-5-7-8-10-15-11-13(12(3)4)14-9-6-2/h12-14H,5-11H2,1-4H3. The van der Waals surface area contributed by atoms with E-state index in [1.165, 1.54) is 25.7 Å². The monoisotopic (exact) mass is 215 g/mol. The number of ether oxygens (including phenoxy) is 1. The molecule has 0 fully saturated rings. The van der Waals surface area contributed by atoms with Gasteiger partial charge in [-0.2, -0.15) is 0 Å². The first-order valence-electron chi connectivity index (χ1n) is 6.53. The minimum Gasteiger partial charge on any atom is -0.380 e. The number of hydrogen-bond acceptors (Lipinski definition) is 2. The van der Waals surface area contributed by atoms with Crippen molar-refractivity contribution in [1.82, 2.24) is 5.32 Å². The van der Waals surface area contributed by atoms with Crippen molar-refractivity contribution in [2.75, 3.05) is 19.8 Å². The number of hydrogen-bond donors (Lipinski definition) is 1. The summed E-state index contributed by atoms with van der Waals surface area (Å²) in [6, 6.07) is 0.520. The van der Waals surface area contributed by atoms with Gasteiger partial charge in [-0.1, -0.05) is 40.5 Å². The van der Waals surface area contributed by atoms with Crippen molar-refractivity contribution in [3.05, 3.63) is 0 Å². The molecule has 0 aromatic heterocycles. The fraction of sp³-hybridized carbons (Fsp3) is 1.00. The van der Waals surface area contributed by atoms with E-state index >= 15 is 0 Å². The van der Waals surface area contributed by atoms with Crippen LogP contribution in [0.1, 0.15) is 53.4 Å². The first-order chi connectivity index (χ1) is 7.22. The first-order valence-corrected chi connectivity index (χ1v) is 6.53. The van der Waals surface area contributed by atoms with Crippen LogP contribution in [0.2, 0.25) is 0 Å². The van der Waals surface area contributed by atoms with Crippen LogP contribution < -0.4 is 5.32 Å². The predicted octanol–water partition coefficient (Wildman–Crippen LogP) is 3.22. The van der Waals surface area contributed by atoms with E-state index in [0.29, 0.717) is 12.0 Å². The SMILES string of the molecule is CCCCCOCC(NCCC)C(C)C. The molecule has 0 aromatic rings. The molecule has 0 radical (unpaired) electrons. The first kappa shape index (κ1) is 14.9. The Morgan fingerprint density at radius 1 is 1.07 bits per heavy atom. The molecule has 92 valence electrons. The van der Waals surface area contributed by atoms with Gasteiger partial charge >= 0.3 is 0 Å². The highest BCUT2D eigenvalue weighted by atomic mass is 16.5. The van der Waals surface area contributed by atoms with E-state index in [4.69, 9.17) is 4.74 Å². The average molecular weight is 215 g/mol. The zero-order chi connectivity index (χ0) is 11.5. The van der Waals surface area contributed by atoms with Gasteiger partial charge in [0.05, 0.1) is 6.61 Å². The van der Waals surface area contributed by atoms with E-state index in [1.54, 1.807) is 0 Å². The summed E-state index contributed by atoms with van der Waals surface area (Å²) in [4.78, 5) is 0. The average Bonchev–Trinajstić information content (AvgIpc) is 2.21. The molecule has 0 aromatic carbocycles.